The van der Waals surface area contributed by atoms with Crippen molar-refractivity contribution in [2.24, 2.45) is 0 Å². The van der Waals surface area contributed by atoms with Crippen LogP contribution in [0.15, 0.2) is 6.20 Å². The molecule has 0 saturated carbocycles. The number of nitrogens with zero attached hydrogens (tertiary/aromatic N) is 2. The summed E-state index contributed by atoms with van der Waals surface area (Å²) < 4.78 is 4.99. The Labute approximate surface area is 96.6 Å². The quantitative estimate of drug-likeness (QED) is 0.690. The van der Waals surface area contributed by atoms with Gasteiger partial charge in [0.1, 0.15) is 5.82 Å². The van der Waals surface area contributed by atoms with Crippen molar-refractivity contribution in [3.8, 4) is 0 Å². The molecule has 0 fully saturated rings. The highest BCUT2D eigenvalue weighted by Crippen LogP contribution is 2.12. The summed E-state index contributed by atoms with van der Waals surface area (Å²) in [5, 5.41) is 6.37. The van der Waals surface area contributed by atoms with E-state index < -0.39 is 0 Å². The predicted octanol–water partition coefficient (Wildman–Crippen LogP) is 1.67. The fraction of sp³-hybridized carbons (Fsp3) is 0.636. The van der Waals surface area contributed by atoms with Gasteiger partial charge in [0.2, 0.25) is 5.95 Å². The molecule has 1 aromatic heterocycles. The number of rotatable bonds is 7. The van der Waals surface area contributed by atoms with Gasteiger partial charge in [-0.05, 0) is 20.3 Å². The number of hydrogen-bond acceptors (Lipinski definition) is 5. The first-order valence-electron chi connectivity index (χ1n) is 5.58. The molecule has 90 valence electrons. The van der Waals surface area contributed by atoms with Crippen LogP contribution in [-0.4, -0.2) is 36.8 Å². The van der Waals surface area contributed by atoms with Crippen molar-refractivity contribution in [3.05, 3.63) is 11.8 Å². The topological polar surface area (TPSA) is 59.1 Å². The standard InChI is InChI=1S/C11H20N4O/c1-4-12-11-14-8-9(2)10(15-11)13-6-5-7-16-3/h8H,4-7H2,1-3H3,(H2,12,13,14,15). The Balaban J connectivity index is 2.52. The van der Waals surface area contributed by atoms with E-state index in [1.807, 2.05) is 20.0 Å². The average molecular weight is 224 g/mol. The summed E-state index contributed by atoms with van der Waals surface area (Å²) in [7, 11) is 1.71. The molecule has 0 saturated heterocycles. The average Bonchev–Trinajstić information content (AvgIpc) is 2.29. The molecule has 0 aliphatic rings. The molecule has 1 rings (SSSR count). The zero-order chi connectivity index (χ0) is 11.8. The molecule has 0 aliphatic heterocycles. The summed E-state index contributed by atoms with van der Waals surface area (Å²) in [5.74, 6) is 1.56. The van der Waals surface area contributed by atoms with Crippen molar-refractivity contribution < 1.29 is 4.74 Å². The van der Waals surface area contributed by atoms with Crippen molar-refractivity contribution in [1.82, 2.24) is 9.97 Å². The minimum Gasteiger partial charge on any atom is -0.385 e. The Morgan fingerprint density at radius 1 is 1.38 bits per heavy atom. The third-order valence-electron chi connectivity index (χ3n) is 2.12. The van der Waals surface area contributed by atoms with Crippen LogP contribution in [0.2, 0.25) is 0 Å². The third kappa shape index (κ3) is 4.02. The maximum atomic E-state index is 4.99. The second kappa shape index (κ2) is 7.00. The van der Waals surface area contributed by atoms with Crippen molar-refractivity contribution in [3.63, 3.8) is 0 Å². The van der Waals surface area contributed by atoms with Gasteiger partial charge in [-0.3, -0.25) is 0 Å². The lowest BCUT2D eigenvalue weighted by Crippen LogP contribution is -2.10. The van der Waals surface area contributed by atoms with Gasteiger partial charge >= 0.3 is 0 Å². The lowest BCUT2D eigenvalue weighted by atomic mass is 10.3. The summed E-state index contributed by atoms with van der Waals surface area (Å²) in [6, 6.07) is 0. The molecule has 0 radical (unpaired) electrons. The van der Waals surface area contributed by atoms with Gasteiger partial charge in [-0.2, -0.15) is 4.98 Å². The highest BCUT2D eigenvalue weighted by Gasteiger charge is 2.02. The molecule has 0 atom stereocenters. The number of aromatic nitrogens is 2. The van der Waals surface area contributed by atoms with Gasteiger partial charge < -0.3 is 15.4 Å². The molecule has 0 unspecified atom stereocenters. The first-order valence-corrected chi connectivity index (χ1v) is 5.58. The maximum Gasteiger partial charge on any atom is 0.224 e. The third-order valence-corrected chi connectivity index (χ3v) is 2.12. The highest BCUT2D eigenvalue weighted by atomic mass is 16.5. The molecule has 0 amide bonds. The largest absolute Gasteiger partial charge is 0.385 e. The van der Waals surface area contributed by atoms with Crippen molar-refractivity contribution >= 4 is 11.8 Å². The number of methoxy groups -OCH3 is 1. The monoisotopic (exact) mass is 224 g/mol. The summed E-state index contributed by atoms with van der Waals surface area (Å²) in [5.41, 5.74) is 1.05. The Kier molecular flexibility index (Phi) is 5.56. The second-order valence-electron chi connectivity index (χ2n) is 3.53. The Bertz CT molecular complexity index is 317. The molecule has 0 aromatic carbocycles. The first kappa shape index (κ1) is 12.7. The number of nitrogens with one attached hydrogen (secondary N) is 2. The number of anilines is 2. The summed E-state index contributed by atoms with van der Waals surface area (Å²) >= 11 is 0. The molecular formula is C11H20N4O. The van der Waals surface area contributed by atoms with E-state index in [9.17, 15) is 0 Å². The van der Waals surface area contributed by atoms with Crippen molar-refractivity contribution in [2.75, 3.05) is 37.4 Å². The molecule has 16 heavy (non-hydrogen) atoms. The smallest absolute Gasteiger partial charge is 0.224 e. The van der Waals surface area contributed by atoms with E-state index in [4.69, 9.17) is 4.74 Å². The van der Waals surface area contributed by atoms with E-state index in [0.717, 1.165) is 37.5 Å². The van der Waals surface area contributed by atoms with Crippen LogP contribution in [-0.2, 0) is 4.74 Å². The van der Waals surface area contributed by atoms with Gasteiger partial charge in [-0.1, -0.05) is 0 Å². The molecule has 0 bridgehead atoms. The predicted molar refractivity (Wildman–Crippen MR) is 65.9 cm³/mol. The molecule has 5 nitrogen and oxygen atoms in total. The lowest BCUT2D eigenvalue weighted by Gasteiger charge is -2.09. The van der Waals surface area contributed by atoms with Crippen LogP contribution >= 0.6 is 0 Å². The number of aryl methyl sites for hydroxylation is 1. The van der Waals surface area contributed by atoms with Gasteiger partial charge in [-0.25, -0.2) is 4.98 Å². The SMILES string of the molecule is CCNc1ncc(C)c(NCCCOC)n1. The first-order chi connectivity index (χ1) is 7.77. The highest BCUT2D eigenvalue weighted by molar-refractivity contribution is 5.46. The molecule has 1 aromatic rings. The molecular weight excluding hydrogens is 204 g/mol. The van der Waals surface area contributed by atoms with E-state index in [1.54, 1.807) is 7.11 Å². The summed E-state index contributed by atoms with van der Waals surface area (Å²) in [6.45, 7) is 6.46. The number of ether oxygens (including phenoxy) is 1. The molecule has 0 aliphatic carbocycles. The van der Waals surface area contributed by atoms with Crippen LogP contribution in [0.4, 0.5) is 11.8 Å². The summed E-state index contributed by atoms with van der Waals surface area (Å²) in [4.78, 5) is 8.57. The lowest BCUT2D eigenvalue weighted by molar-refractivity contribution is 0.197. The van der Waals surface area contributed by atoms with Crippen LogP contribution in [0.5, 0.6) is 0 Å². The van der Waals surface area contributed by atoms with Crippen molar-refractivity contribution in [2.45, 2.75) is 20.3 Å². The van der Waals surface area contributed by atoms with Crippen molar-refractivity contribution in [1.29, 1.82) is 0 Å². The van der Waals surface area contributed by atoms with E-state index >= 15 is 0 Å². The fourth-order valence-corrected chi connectivity index (χ4v) is 1.29. The minimum atomic E-state index is 0.669. The molecule has 2 N–H and O–H groups in total. The minimum absolute atomic E-state index is 0.669. The zero-order valence-corrected chi connectivity index (χ0v) is 10.2. The van der Waals surface area contributed by atoms with Gasteiger partial charge in [0.05, 0.1) is 0 Å². The Morgan fingerprint density at radius 2 is 2.19 bits per heavy atom. The number of hydrogen-bond donors (Lipinski definition) is 2. The van der Waals surface area contributed by atoms with Crippen LogP contribution < -0.4 is 10.6 Å². The van der Waals surface area contributed by atoms with Gasteiger partial charge in [-0.15, -0.1) is 0 Å². The second-order valence-corrected chi connectivity index (χ2v) is 3.53. The Hall–Kier alpha value is -1.36. The van der Waals surface area contributed by atoms with E-state index in [1.165, 1.54) is 0 Å². The van der Waals surface area contributed by atoms with Crippen LogP contribution in [0.1, 0.15) is 18.9 Å². The van der Waals surface area contributed by atoms with Gasteiger partial charge in [0, 0.05) is 38.6 Å². The molecule has 0 spiro atoms. The molecule has 1 heterocycles. The normalized spacial score (nSPS) is 10.2. The van der Waals surface area contributed by atoms with E-state index in [-0.39, 0.29) is 0 Å². The maximum absolute atomic E-state index is 4.99. The van der Waals surface area contributed by atoms with E-state index in [2.05, 4.69) is 20.6 Å². The van der Waals surface area contributed by atoms with Crippen LogP contribution in [0.25, 0.3) is 0 Å². The Morgan fingerprint density at radius 3 is 2.88 bits per heavy atom. The summed E-state index contributed by atoms with van der Waals surface area (Å²) in [6.07, 6.45) is 2.79. The fourth-order valence-electron chi connectivity index (χ4n) is 1.29. The van der Waals surface area contributed by atoms with Crippen LogP contribution in [0.3, 0.4) is 0 Å². The van der Waals surface area contributed by atoms with Gasteiger partial charge in [0.25, 0.3) is 0 Å². The molecule has 5 heteroatoms. The zero-order valence-electron chi connectivity index (χ0n) is 10.2. The van der Waals surface area contributed by atoms with Crippen LogP contribution in [0, 0.1) is 6.92 Å². The van der Waals surface area contributed by atoms with Gasteiger partial charge in [0.15, 0.2) is 0 Å². The van der Waals surface area contributed by atoms with E-state index in [0.29, 0.717) is 5.95 Å².